The Hall–Kier alpha value is 0.310. The minimum absolute atomic E-state index is 0.649. The van der Waals surface area contributed by atoms with Crippen LogP contribution in [0.2, 0.25) is 0 Å². The Morgan fingerprint density at radius 2 is 1.93 bits per heavy atom. The summed E-state index contributed by atoms with van der Waals surface area (Å²) in [4.78, 5) is 0. The van der Waals surface area contributed by atoms with Gasteiger partial charge in [0, 0.05) is 6.04 Å². The Bertz CT molecular complexity index is 141. The topological polar surface area (TPSA) is 12.0 Å². The molecular weight excluding hydrogens is 202 g/mol. The lowest BCUT2D eigenvalue weighted by atomic mass is 10.1. The molecule has 0 saturated heterocycles. The molecule has 0 aromatic heterocycles. The molecule has 1 saturated carbocycles. The van der Waals surface area contributed by atoms with Crippen molar-refractivity contribution in [3.63, 3.8) is 0 Å². The molecule has 0 atom stereocenters. The minimum atomic E-state index is 0.649. The van der Waals surface area contributed by atoms with Crippen molar-refractivity contribution >= 4 is 11.8 Å². The van der Waals surface area contributed by atoms with Crippen molar-refractivity contribution < 1.29 is 0 Å². The number of hydrogen-bond acceptors (Lipinski definition) is 2. The lowest BCUT2D eigenvalue weighted by molar-refractivity contribution is 0.567. The molecule has 0 aromatic rings. The zero-order valence-corrected chi connectivity index (χ0v) is 11.2. The second kappa shape index (κ2) is 8.46. The second-order valence-corrected chi connectivity index (χ2v) is 6.19. The van der Waals surface area contributed by atoms with Gasteiger partial charge in [0.05, 0.1) is 0 Å². The fraction of sp³-hybridized carbons (Fsp3) is 1.00. The van der Waals surface area contributed by atoms with Gasteiger partial charge in [0.1, 0.15) is 0 Å². The molecule has 1 nitrogen and oxygen atoms in total. The van der Waals surface area contributed by atoms with Crippen molar-refractivity contribution in [3.8, 4) is 0 Å². The number of nitrogens with one attached hydrogen (secondary N) is 1. The Balaban J connectivity index is 1.76. The van der Waals surface area contributed by atoms with Gasteiger partial charge in [-0.05, 0) is 49.7 Å². The minimum Gasteiger partial charge on any atom is -0.315 e. The molecule has 0 aliphatic heterocycles. The Kier molecular flexibility index (Phi) is 7.54. The van der Waals surface area contributed by atoms with Crippen molar-refractivity contribution in [1.29, 1.82) is 0 Å². The largest absolute Gasteiger partial charge is 0.315 e. The van der Waals surface area contributed by atoms with Gasteiger partial charge in [-0.1, -0.05) is 26.7 Å². The molecule has 0 amide bonds. The van der Waals surface area contributed by atoms with Crippen LogP contribution in [-0.2, 0) is 0 Å². The van der Waals surface area contributed by atoms with E-state index in [1.807, 2.05) is 0 Å². The molecule has 0 bridgehead atoms. The van der Waals surface area contributed by atoms with Crippen LogP contribution >= 0.6 is 11.8 Å². The van der Waals surface area contributed by atoms with Crippen LogP contribution in [0.3, 0.4) is 0 Å². The summed E-state index contributed by atoms with van der Waals surface area (Å²) >= 11 is 2.18. The van der Waals surface area contributed by atoms with E-state index >= 15 is 0 Å². The van der Waals surface area contributed by atoms with E-state index in [-0.39, 0.29) is 0 Å². The van der Waals surface area contributed by atoms with E-state index in [1.54, 1.807) is 0 Å². The third-order valence-corrected chi connectivity index (χ3v) is 4.38. The number of rotatable bonds is 8. The van der Waals surface area contributed by atoms with E-state index in [2.05, 4.69) is 30.9 Å². The fourth-order valence-corrected chi connectivity index (χ4v) is 3.39. The van der Waals surface area contributed by atoms with Crippen LogP contribution < -0.4 is 5.32 Å². The molecular formula is C13H27NS. The van der Waals surface area contributed by atoms with E-state index in [4.69, 9.17) is 0 Å². The summed E-state index contributed by atoms with van der Waals surface area (Å²) in [5.74, 6) is 3.86. The second-order valence-electron chi connectivity index (χ2n) is 5.04. The van der Waals surface area contributed by atoms with E-state index in [9.17, 15) is 0 Å². The van der Waals surface area contributed by atoms with E-state index in [0.29, 0.717) is 6.04 Å². The smallest absolute Gasteiger partial charge is 0.00103 e. The SMILES string of the molecule is CC(C)NCCCCSCC1CCCC1. The highest BCUT2D eigenvalue weighted by atomic mass is 32.2. The monoisotopic (exact) mass is 229 g/mol. The predicted octanol–water partition coefficient (Wildman–Crippen LogP) is 3.69. The quantitative estimate of drug-likeness (QED) is 0.637. The van der Waals surface area contributed by atoms with Crippen molar-refractivity contribution in [3.05, 3.63) is 0 Å². The first-order chi connectivity index (χ1) is 7.29. The van der Waals surface area contributed by atoms with Gasteiger partial charge in [-0.2, -0.15) is 11.8 Å². The highest BCUT2D eigenvalue weighted by Gasteiger charge is 2.13. The van der Waals surface area contributed by atoms with Gasteiger partial charge in [-0.25, -0.2) is 0 Å². The average Bonchev–Trinajstić information content (AvgIpc) is 2.68. The summed E-state index contributed by atoms with van der Waals surface area (Å²) in [6.07, 6.45) is 8.71. The molecule has 15 heavy (non-hydrogen) atoms. The van der Waals surface area contributed by atoms with Crippen LogP contribution in [0, 0.1) is 5.92 Å². The maximum absolute atomic E-state index is 3.47. The van der Waals surface area contributed by atoms with Gasteiger partial charge >= 0.3 is 0 Å². The molecule has 1 aliphatic carbocycles. The Labute approximate surface area is 99.8 Å². The summed E-state index contributed by atoms with van der Waals surface area (Å²) in [5.41, 5.74) is 0. The predicted molar refractivity (Wildman–Crippen MR) is 71.7 cm³/mol. The first-order valence-corrected chi connectivity index (χ1v) is 7.75. The van der Waals surface area contributed by atoms with Gasteiger partial charge in [0.25, 0.3) is 0 Å². The number of unbranched alkanes of at least 4 members (excludes halogenated alkanes) is 1. The molecule has 1 N–H and O–H groups in total. The standard InChI is InChI=1S/C13H27NS/c1-12(2)14-9-5-6-10-15-11-13-7-3-4-8-13/h12-14H,3-11H2,1-2H3. The molecule has 0 aromatic carbocycles. The average molecular weight is 229 g/mol. The molecule has 1 fully saturated rings. The summed E-state index contributed by atoms with van der Waals surface area (Å²) in [6, 6.07) is 0.649. The highest BCUT2D eigenvalue weighted by Crippen LogP contribution is 2.27. The summed E-state index contributed by atoms with van der Waals surface area (Å²) in [7, 11) is 0. The van der Waals surface area contributed by atoms with Crippen LogP contribution in [0.4, 0.5) is 0 Å². The molecule has 0 radical (unpaired) electrons. The van der Waals surface area contributed by atoms with Gasteiger partial charge in [0.15, 0.2) is 0 Å². The van der Waals surface area contributed by atoms with E-state index < -0.39 is 0 Å². The number of hydrogen-bond donors (Lipinski definition) is 1. The van der Waals surface area contributed by atoms with Gasteiger partial charge < -0.3 is 5.32 Å². The molecule has 0 unspecified atom stereocenters. The molecule has 1 aliphatic rings. The van der Waals surface area contributed by atoms with Crippen LogP contribution in [0.15, 0.2) is 0 Å². The van der Waals surface area contributed by atoms with Crippen molar-refractivity contribution in [2.45, 2.75) is 58.4 Å². The molecule has 0 spiro atoms. The Morgan fingerprint density at radius 1 is 1.20 bits per heavy atom. The zero-order chi connectivity index (χ0) is 10.9. The molecule has 2 heteroatoms. The van der Waals surface area contributed by atoms with Crippen LogP contribution in [0.25, 0.3) is 0 Å². The van der Waals surface area contributed by atoms with E-state index in [1.165, 1.54) is 56.6 Å². The maximum Gasteiger partial charge on any atom is 0.00103 e. The first kappa shape index (κ1) is 13.4. The fourth-order valence-electron chi connectivity index (χ4n) is 2.15. The van der Waals surface area contributed by atoms with Gasteiger partial charge in [0.2, 0.25) is 0 Å². The molecule has 1 rings (SSSR count). The van der Waals surface area contributed by atoms with Crippen molar-refractivity contribution in [1.82, 2.24) is 5.32 Å². The highest BCUT2D eigenvalue weighted by molar-refractivity contribution is 7.99. The molecule has 90 valence electrons. The first-order valence-electron chi connectivity index (χ1n) is 6.60. The van der Waals surface area contributed by atoms with Crippen LogP contribution in [0.5, 0.6) is 0 Å². The lowest BCUT2D eigenvalue weighted by Gasteiger charge is -2.09. The van der Waals surface area contributed by atoms with Crippen LogP contribution in [-0.4, -0.2) is 24.1 Å². The number of thioether (sulfide) groups is 1. The third-order valence-electron chi connectivity index (χ3n) is 3.10. The van der Waals surface area contributed by atoms with Crippen molar-refractivity contribution in [2.24, 2.45) is 5.92 Å². The van der Waals surface area contributed by atoms with Crippen LogP contribution in [0.1, 0.15) is 52.4 Å². The zero-order valence-electron chi connectivity index (χ0n) is 10.4. The molecule has 0 heterocycles. The van der Waals surface area contributed by atoms with E-state index in [0.717, 1.165) is 5.92 Å². The maximum atomic E-state index is 3.47. The summed E-state index contributed by atoms with van der Waals surface area (Å²) in [5, 5.41) is 3.47. The van der Waals surface area contributed by atoms with Crippen molar-refractivity contribution in [2.75, 3.05) is 18.1 Å². The Morgan fingerprint density at radius 3 is 2.60 bits per heavy atom. The normalized spacial score (nSPS) is 17.8. The van der Waals surface area contributed by atoms with Gasteiger partial charge in [-0.3, -0.25) is 0 Å². The summed E-state index contributed by atoms with van der Waals surface area (Å²) < 4.78 is 0. The third kappa shape index (κ3) is 7.24. The summed E-state index contributed by atoms with van der Waals surface area (Å²) in [6.45, 7) is 5.63. The lowest BCUT2D eigenvalue weighted by Crippen LogP contribution is -2.23. The van der Waals surface area contributed by atoms with Gasteiger partial charge in [-0.15, -0.1) is 0 Å².